The van der Waals surface area contributed by atoms with E-state index in [4.69, 9.17) is 0 Å². The quantitative estimate of drug-likeness (QED) is 0.212. The van der Waals surface area contributed by atoms with Crippen LogP contribution in [0.15, 0.2) is 29.3 Å². The molecule has 7 nitrogen and oxygen atoms in total. The van der Waals surface area contributed by atoms with E-state index in [-0.39, 0.29) is 35.8 Å². The molecule has 0 spiro atoms. The summed E-state index contributed by atoms with van der Waals surface area (Å²) in [4.78, 5) is 33.2. The molecule has 1 fully saturated rings. The highest BCUT2D eigenvalue weighted by Crippen LogP contribution is 2.27. The molecule has 1 aromatic carbocycles. The van der Waals surface area contributed by atoms with E-state index < -0.39 is 0 Å². The first-order chi connectivity index (χ1) is 15.2. The van der Waals surface area contributed by atoms with Crippen LogP contribution in [0.5, 0.6) is 0 Å². The predicted molar refractivity (Wildman–Crippen MR) is 141 cm³/mol. The Bertz CT molecular complexity index is 771. The van der Waals surface area contributed by atoms with Crippen LogP contribution in [0.25, 0.3) is 0 Å². The molecular weight excluding hydrogens is 517 g/mol. The zero-order chi connectivity index (χ0) is 21.9. The second-order valence-corrected chi connectivity index (χ2v) is 8.26. The molecular formula is C24H38IN5O2. The number of benzene rings is 1. The van der Waals surface area contributed by atoms with Crippen LogP contribution in [-0.4, -0.2) is 61.9 Å². The number of para-hydroxylation sites is 1. The Kier molecular flexibility index (Phi) is 11.8. The summed E-state index contributed by atoms with van der Waals surface area (Å²) < 4.78 is 0. The molecule has 0 aromatic heterocycles. The molecule has 0 atom stereocenters. The molecule has 2 aliphatic heterocycles. The van der Waals surface area contributed by atoms with E-state index in [0.717, 1.165) is 76.4 Å². The van der Waals surface area contributed by atoms with Gasteiger partial charge in [0.05, 0.1) is 0 Å². The van der Waals surface area contributed by atoms with Gasteiger partial charge in [0.1, 0.15) is 0 Å². The molecule has 2 aliphatic rings. The summed E-state index contributed by atoms with van der Waals surface area (Å²) in [6.07, 6.45) is 7.09. The highest BCUT2D eigenvalue weighted by atomic mass is 127. The SMILES string of the molecule is CCNC(=NCCCN1CCCCCC1=O)NCCCC(=O)N1CCc2ccccc21.I. The number of hydrogen-bond acceptors (Lipinski definition) is 3. The molecule has 1 saturated heterocycles. The Balaban J connectivity index is 0.00000363. The van der Waals surface area contributed by atoms with Crippen LogP contribution in [0.3, 0.4) is 0 Å². The lowest BCUT2D eigenvalue weighted by Crippen LogP contribution is -2.38. The zero-order valence-electron chi connectivity index (χ0n) is 19.3. The maximum absolute atomic E-state index is 12.6. The lowest BCUT2D eigenvalue weighted by molar-refractivity contribution is -0.130. The van der Waals surface area contributed by atoms with Crippen molar-refractivity contribution in [3.05, 3.63) is 29.8 Å². The number of carbonyl (C=O) groups is 2. The molecule has 0 saturated carbocycles. The van der Waals surface area contributed by atoms with Crippen molar-refractivity contribution in [2.75, 3.05) is 44.2 Å². The average molecular weight is 556 g/mol. The fourth-order valence-electron chi connectivity index (χ4n) is 4.25. The summed E-state index contributed by atoms with van der Waals surface area (Å²) in [5.74, 6) is 1.26. The smallest absolute Gasteiger partial charge is 0.227 e. The van der Waals surface area contributed by atoms with Gasteiger partial charge in [0.25, 0.3) is 0 Å². The Morgan fingerprint density at radius 1 is 1.06 bits per heavy atom. The van der Waals surface area contributed by atoms with Crippen LogP contribution in [0.1, 0.15) is 57.4 Å². The number of anilines is 1. The normalized spacial score (nSPS) is 16.3. The van der Waals surface area contributed by atoms with Crippen LogP contribution in [0, 0.1) is 0 Å². The Morgan fingerprint density at radius 3 is 2.75 bits per heavy atom. The fraction of sp³-hybridized carbons (Fsp3) is 0.625. The van der Waals surface area contributed by atoms with Crippen molar-refractivity contribution in [1.29, 1.82) is 0 Å². The Morgan fingerprint density at radius 2 is 1.91 bits per heavy atom. The van der Waals surface area contributed by atoms with Crippen LogP contribution in [0.2, 0.25) is 0 Å². The molecule has 32 heavy (non-hydrogen) atoms. The summed E-state index contributed by atoms with van der Waals surface area (Å²) in [7, 11) is 0. The van der Waals surface area contributed by atoms with Crippen molar-refractivity contribution in [1.82, 2.24) is 15.5 Å². The minimum absolute atomic E-state index is 0. The van der Waals surface area contributed by atoms with Gasteiger partial charge in [-0.3, -0.25) is 14.6 Å². The van der Waals surface area contributed by atoms with Crippen molar-refractivity contribution in [2.45, 2.75) is 58.3 Å². The minimum atomic E-state index is 0. The highest BCUT2D eigenvalue weighted by molar-refractivity contribution is 14.0. The summed E-state index contributed by atoms with van der Waals surface area (Å²) >= 11 is 0. The number of likely N-dealkylation sites (tertiary alicyclic amines) is 1. The third-order valence-corrected chi connectivity index (χ3v) is 5.92. The summed E-state index contributed by atoms with van der Waals surface area (Å²) in [5.41, 5.74) is 2.33. The molecule has 3 rings (SSSR count). The van der Waals surface area contributed by atoms with Crippen molar-refractivity contribution >= 4 is 47.4 Å². The second kappa shape index (κ2) is 14.3. The van der Waals surface area contributed by atoms with Crippen molar-refractivity contribution < 1.29 is 9.59 Å². The lowest BCUT2D eigenvalue weighted by atomic mass is 10.2. The molecule has 2 amide bonds. The number of carbonyl (C=O) groups excluding carboxylic acids is 2. The highest BCUT2D eigenvalue weighted by Gasteiger charge is 2.23. The summed E-state index contributed by atoms with van der Waals surface area (Å²) in [5, 5.41) is 6.59. The number of nitrogens with zero attached hydrogens (tertiary/aromatic N) is 3. The van der Waals surface area contributed by atoms with E-state index in [9.17, 15) is 9.59 Å². The third-order valence-electron chi connectivity index (χ3n) is 5.92. The first-order valence-corrected chi connectivity index (χ1v) is 11.9. The standard InChI is InChI=1S/C24H37N5O2.HI/c1-2-25-24(27-16-9-18-28-17-7-3-4-12-22(28)30)26-15-8-13-23(31)29-19-14-20-10-5-6-11-21(20)29;/h5-6,10-11H,2-4,7-9,12-19H2,1H3,(H2,25,26,27);1H. The fourth-order valence-corrected chi connectivity index (χ4v) is 4.25. The number of amides is 2. The zero-order valence-corrected chi connectivity index (χ0v) is 21.6. The summed E-state index contributed by atoms with van der Waals surface area (Å²) in [6.45, 7) is 6.68. The van der Waals surface area contributed by atoms with Crippen LogP contribution >= 0.6 is 24.0 Å². The van der Waals surface area contributed by atoms with Gasteiger partial charge in [-0.25, -0.2) is 0 Å². The maximum atomic E-state index is 12.6. The minimum Gasteiger partial charge on any atom is -0.357 e. The molecule has 1 aromatic rings. The van der Waals surface area contributed by atoms with Gasteiger partial charge in [-0.05, 0) is 50.7 Å². The van der Waals surface area contributed by atoms with Crippen LogP contribution in [0.4, 0.5) is 5.69 Å². The van der Waals surface area contributed by atoms with E-state index in [0.29, 0.717) is 25.9 Å². The number of nitrogens with one attached hydrogen (secondary N) is 2. The molecule has 0 bridgehead atoms. The largest absolute Gasteiger partial charge is 0.357 e. The van der Waals surface area contributed by atoms with E-state index in [1.165, 1.54) is 5.56 Å². The average Bonchev–Trinajstić information content (AvgIpc) is 3.11. The molecule has 0 aliphatic carbocycles. The van der Waals surface area contributed by atoms with Gasteiger partial charge in [-0.15, -0.1) is 24.0 Å². The first-order valence-electron chi connectivity index (χ1n) is 11.9. The van der Waals surface area contributed by atoms with E-state index in [1.54, 1.807) is 0 Å². The lowest BCUT2D eigenvalue weighted by Gasteiger charge is -2.20. The number of guanidine groups is 1. The number of halogens is 1. The van der Waals surface area contributed by atoms with Gasteiger partial charge in [-0.2, -0.15) is 0 Å². The number of fused-ring (bicyclic) bond motifs is 1. The molecule has 8 heteroatoms. The van der Waals surface area contributed by atoms with Gasteiger partial charge in [-0.1, -0.05) is 24.6 Å². The Hall–Kier alpha value is -1.84. The van der Waals surface area contributed by atoms with E-state index in [1.807, 2.05) is 34.9 Å². The van der Waals surface area contributed by atoms with Gasteiger partial charge < -0.3 is 20.4 Å². The van der Waals surface area contributed by atoms with Gasteiger partial charge in [0.2, 0.25) is 11.8 Å². The maximum Gasteiger partial charge on any atom is 0.227 e. The van der Waals surface area contributed by atoms with Gasteiger partial charge >= 0.3 is 0 Å². The van der Waals surface area contributed by atoms with Gasteiger partial charge in [0, 0.05) is 57.8 Å². The van der Waals surface area contributed by atoms with Crippen molar-refractivity contribution in [3.63, 3.8) is 0 Å². The molecule has 0 unspecified atom stereocenters. The van der Waals surface area contributed by atoms with E-state index in [2.05, 4.69) is 21.7 Å². The number of rotatable bonds is 9. The van der Waals surface area contributed by atoms with Crippen LogP contribution < -0.4 is 15.5 Å². The molecule has 178 valence electrons. The van der Waals surface area contributed by atoms with Gasteiger partial charge in [0.15, 0.2) is 5.96 Å². The van der Waals surface area contributed by atoms with Crippen molar-refractivity contribution in [2.24, 2.45) is 4.99 Å². The predicted octanol–water partition coefficient (Wildman–Crippen LogP) is 3.32. The molecule has 2 heterocycles. The third kappa shape index (κ3) is 7.94. The second-order valence-electron chi connectivity index (χ2n) is 8.26. The summed E-state index contributed by atoms with van der Waals surface area (Å²) in [6, 6.07) is 8.16. The Labute approximate surface area is 209 Å². The molecule has 2 N–H and O–H groups in total. The van der Waals surface area contributed by atoms with E-state index >= 15 is 0 Å². The molecule has 0 radical (unpaired) electrons. The number of hydrogen-bond donors (Lipinski definition) is 2. The topological polar surface area (TPSA) is 77.0 Å². The first kappa shape index (κ1) is 26.4. The number of aliphatic imine (C=N–C) groups is 1. The van der Waals surface area contributed by atoms with Crippen LogP contribution in [-0.2, 0) is 16.0 Å². The monoisotopic (exact) mass is 555 g/mol. The van der Waals surface area contributed by atoms with Crippen molar-refractivity contribution in [3.8, 4) is 0 Å².